The Morgan fingerprint density at radius 1 is 0.640 bits per heavy atom. The van der Waals surface area contributed by atoms with E-state index >= 15 is 0 Å². The van der Waals surface area contributed by atoms with Gasteiger partial charge in [0, 0.05) is 24.2 Å². The van der Waals surface area contributed by atoms with Crippen molar-refractivity contribution in [3.8, 4) is 0 Å². The monoisotopic (exact) mass is 400 g/mol. The first-order valence-electron chi connectivity index (χ1n) is 10.5. The highest BCUT2D eigenvalue weighted by atomic mass is 29.5. The van der Waals surface area contributed by atoms with Crippen molar-refractivity contribution in [1.82, 2.24) is 0 Å². The summed E-state index contributed by atoms with van der Waals surface area (Å²) in [6, 6.07) is 1.46. The van der Waals surface area contributed by atoms with Gasteiger partial charge < -0.3 is 4.43 Å². The molecule has 0 amide bonds. The highest BCUT2D eigenvalue weighted by Crippen LogP contribution is 2.69. The van der Waals surface area contributed by atoms with Crippen LogP contribution in [0.15, 0.2) is 0 Å². The third-order valence-electron chi connectivity index (χ3n) is 10.2. The molecule has 0 aromatic carbocycles. The largest absolute Gasteiger partial charge is 0.424 e. The Morgan fingerprint density at radius 3 is 1.44 bits per heavy atom. The van der Waals surface area contributed by atoms with Crippen molar-refractivity contribution in [2.75, 3.05) is 6.61 Å². The van der Waals surface area contributed by atoms with Crippen LogP contribution in [0, 0.1) is 27.1 Å². The summed E-state index contributed by atoms with van der Waals surface area (Å²) < 4.78 is 6.53. The summed E-state index contributed by atoms with van der Waals surface area (Å²) in [5.74, 6) is 0. The Hall–Kier alpha value is 0.611. The summed E-state index contributed by atoms with van der Waals surface area (Å²) in [5, 5.41) is 0.362. The van der Waals surface area contributed by atoms with Gasteiger partial charge in [-0.25, -0.2) is 0 Å². The lowest BCUT2D eigenvalue weighted by atomic mass is 9.41. The van der Waals surface area contributed by atoms with Gasteiger partial charge in [-0.15, -0.1) is 0 Å². The van der Waals surface area contributed by atoms with Gasteiger partial charge in [0.2, 0.25) is 0 Å². The predicted octanol–water partition coefficient (Wildman–Crippen LogP) is 4.84. The zero-order valence-corrected chi connectivity index (χ0v) is 23.8. The van der Waals surface area contributed by atoms with E-state index in [9.17, 15) is 0 Å². The van der Waals surface area contributed by atoms with E-state index in [1.54, 1.807) is 0 Å². The van der Waals surface area contributed by atoms with Crippen molar-refractivity contribution in [3.63, 3.8) is 0 Å². The fourth-order valence-corrected chi connectivity index (χ4v) is 30.5. The molecule has 0 aromatic rings. The highest BCUT2D eigenvalue weighted by Gasteiger charge is 2.62. The summed E-state index contributed by atoms with van der Waals surface area (Å²) in [7, 11) is -0.625. The van der Waals surface area contributed by atoms with Crippen molar-refractivity contribution < 1.29 is 4.43 Å². The molecule has 150 valence electrons. The molecule has 1 heterocycles. The van der Waals surface area contributed by atoms with Crippen molar-refractivity contribution in [2.45, 2.75) is 101 Å². The van der Waals surface area contributed by atoms with Crippen LogP contribution in [0.1, 0.15) is 90.0 Å². The fraction of sp³-hybridized carbons (Fsp3) is 1.00. The smallest absolute Gasteiger partial charge is 0.161 e. The van der Waals surface area contributed by atoms with E-state index in [4.69, 9.17) is 4.43 Å². The molecule has 0 radical (unpaired) electrons. The third kappa shape index (κ3) is 3.54. The molecule has 1 unspecified atom stereocenters. The molecule has 1 atom stereocenters. The lowest BCUT2D eigenvalue weighted by molar-refractivity contribution is -0.147. The van der Waals surface area contributed by atoms with Crippen molar-refractivity contribution in [1.29, 1.82) is 0 Å². The minimum Gasteiger partial charge on any atom is -0.424 e. The second-order valence-electron chi connectivity index (χ2n) is 12.3. The maximum Gasteiger partial charge on any atom is 0.161 e. The maximum atomic E-state index is 6.53. The van der Waals surface area contributed by atoms with Gasteiger partial charge in [-0.1, -0.05) is 90.0 Å². The molecular weight excluding hydrogens is 352 g/mol. The molecule has 0 spiro atoms. The van der Waals surface area contributed by atoms with Crippen LogP contribution >= 0.6 is 0 Å². The summed E-state index contributed by atoms with van der Waals surface area (Å²) in [5.41, 5.74) is 1.18. The Balaban J connectivity index is 3.37. The van der Waals surface area contributed by atoms with Gasteiger partial charge in [-0.2, -0.15) is 0 Å². The zero-order valence-electron chi connectivity index (χ0n) is 19.8. The average Bonchev–Trinajstić information content (AvgIpc) is 2.46. The number of hydrogen-bond donors (Lipinski definition) is 0. The quantitative estimate of drug-likeness (QED) is 0.600. The first kappa shape index (κ1) is 23.6. The summed E-state index contributed by atoms with van der Waals surface area (Å²) in [6.07, 6.45) is 0. The number of rotatable bonds is 5. The molecule has 0 bridgehead atoms. The van der Waals surface area contributed by atoms with Crippen LogP contribution < -0.4 is 0 Å². The molecule has 1 nitrogen and oxygen atoms in total. The molecule has 1 aliphatic heterocycles. The van der Waals surface area contributed by atoms with E-state index in [0.717, 1.165) is 6.61 Å². The summed E-state index contributed by atoms with van der Waals surface area (Å²) in [4.78, 5) is 0. The van der Waals surface area contributed by atoms with Crippen molar-refractivity contribution in [3.05, 3.63) is 0 Å². The van der Waals surface area contributed by atoms with Crippen LogP contribution in [0.4, 0.5) is 0 Å². The van der Waals surface area contributed by atoms with Crippen LogP contribution in [0.25, 0.3) is 0 Å². The average molecular weight is 401 g/mol. The van der Waals surface area contributed by atoms with Gasteiger partial charge in [-0.05, 0) is 38.2 Å². The fourth-order valence-electron chi connectivity index (χ4n) is 5.02. The first-order valence-corrected chi connectivity index (χ1v) is 19.8. The second kappa shape index (κ2) is 6.89. The van der Waals surface area contributed by atoms with Crippen LogP contribution in [0.2, 0.25) is 11.1 Å². The van der Waals surface area contributed by atoms with Crippen LogP contribution in [-0.4, -0.2) is 32.8 Å². The standard InChI is InChI=1S/C21H48OSi3/c1-16(2,3)17(4,5)18(6,7)19(8,9)20(10,11)21(12,13)25-22-14-15-23-24-25/h25H,14-15,23-24H2,1-13H3. The molecule has 0 N–H and O–H groups in total. The lowest BCUT2D eigenvalue weighted by Crippen LogP contribution is -2.61. The van der Waals surface area contributed by atoms with Gasteiger partial charge in [0.25, 0.3) is 0 Å². The molecule has 1 rings (SSSR count). The summed E-state index contributed by atoms with van der Waals surface area (Å²) in [6.45, 7) is 33.8. The lowest BCUT2D eigenvalue weighted by Gasteiger charge is -2.66. The van der Waals surface area contributed by atoms with Gasteiger partial charge in [0.1, 0.15) is 0 Å². The zero-order chi connectivity index (χ0) is 20.1. The highest BCUT2D eigenvalue weighted by molar-refractivity contribution is 7.35. The van der Waals surface area contributed by atoms with Crippen LogP contribution in [-0.2, 0) is 4.43 Å². The van der Waals surface area contributed by atoms with E-state index in [1.807, 2.05) is 0 Å². The van der Waals surface area contributed by atoms with E-state index in [1.165, 1.54) is 6.04 Å². The molecule has 0 aliphatic carbocycles. The van der Waals surface area contributed by atoms with Gasteiger partial charge >= 0.3 is 0 Å². The maximum absolute atomic E-state index is 6.53. The molecule has 25 heavy (non-hydrogen) atoms. The van der Waals surface area contributed by atoms with Crippen molar-refractivity contribution in [2.24, 2.45) is 27.1 Å². The molecule has 1 fully saturated rings. The second-order valence-corrected chi connectivity index (χ2v) is 28.3. The number of hydrogen-bond acceptors (Lipinski definition) is 1. The Labute approximate surface area is 165 Å². The normalized spacial score (nSPS) is 24.1. The van der Waals surface area contributed by atoms with Gasteiger partial charge in [0.05, 0.1) is 0 Å². The van der Waals surface area contributed by atoms with Crippen molar-refractivity contribution >= 4 is 26.1 Å². The van der Waals surface area contributed by atoms with Crippen LogP contribution in [0.5, 0.6) is 0 Å². The molecule has 4 heteroatoms. The Kier molecular flexibility index (Phi) is 6.52. The SMILES string of the molecule is CC(C)(C)C(C)(C)C(C)(C)C(C)(C)C(C)(C)C(C)(C)[SiH]1OCC[SiH2][SiH2]1. The van der Waals surface area contributed by atoms with E-state index in [2.05, 4.69) is 90.0 Å². The van der Waals surface area contributed by atoms with Gasteiger partial charge in [0.15, 0.2) is 8.56 Å². The third-order valence-corrected chi connectivity index (χ3v) is 31.3. The topological polar surface area (TPSA) is 9.23 Å². The molecular formula is C21H48OSi3. The Bertz CT molecular complexity index is 464. The van der Waals surface area contributed by atoms with Gasteiger partial charge in [-0.3, -0.25) is 0 Å². The Morgan fingerprint density at radius 2 is 1.08 bits per heavy atom. The molecule has 1 aliphatic rings. The molecule has 1 saturated heterocycles. The van der Waals surface area contributed by atoms with E-state index < -0.39 is 8.56 Å². The van der Waals surface area contributed by atoms with Crippen LogP contribution in [0.3, 0.4) is 0 Å². The minimum absolute atomic E-state index is 0.131. The van der Waals surface area contributed by atoms with E-state index in [-0.39, 0.29) is 44.7 Å². The summed E-state index contributed by atoms with van der Waals surface area (Å²) >= 11 is 0. The predicted molar refractivity (Wildman–Crippen MR) is 124 cm³/mol. The molecule has 0 aromatic heterocycles. The first-order chi connectivity index (χ1) is 10.9. The minimum atomic E-state index is -1.03. The van der Waals surface area contributed by atoms with E-state index in [0.29, 0.717) is 5.04 Å². The molecule has 0 saturated carbocycles.